The van der Waals surface area contributed by atoms with E-state index in [1.54, 1.807) is 13.8 Å². The van der Waals surface area contributed by atoms with E-state index >= 15 is 0 Å². The summed E-state index contributed by atoms with van der Waals surface area (Å²) in [4.78, 5) is 0.0463. The van der Waals surface area contributed by atoms with Gasteiger partial charge in [-0.1, -0.05) is 18.7 Å². The molecule has 5 nitrogen and oxygen atoms in total. The lowest BCUT2D eigenvalue weighted by atomic mass is 10.1. The maximum absolute atomic E-state index is 10.3. The van der Waals surface area contributed by atoms with Crippen molar-refractivity contribution in [1.29, 1.82) is 0 Å². The van der Waals surface area contributed by atoms with Crippen LogP contribution in [0.4, 0.5) is 0 Å². The third kappa shape index (κ3) is 3.24. The SMILES string of the molecule is CC(C)C(O)C/[N+]([O-])=N/O. The van der Waals surface area contributed by atoms with E-state index in [0.29, 0.717) is 0 Å². The summed E-state index contributed by atoms with van der Waals surface area (Å²) in [6.07, 6.45) is -0.742. The van der Waals surface area contributed by atoms with Crippen molar-refractivity contribution in [2.75, 3.05) is 6.54 Å². The van der Waals surface area contributed by atoms with Crippen LogP contribution in [0.1, 0.15) is 13.8 Å². The van der Waals surface area contributed by atoms with Gasteiger partial charge < -0.3 is 15.5 Å². The Morgan fingerprint density at radius 1 is 1.60 bits per heavy atom. The molecule has 0 fully saturated rings. The largest absolute Gasteiger partial charge is 0.597 e. The average molecular weight is 148 g/mol. The molecule has 0 saturated heterocycles. The van der Waals surface area contributed by atoms with Gasteiger partial charge in [0.1, 0.15) is 6.10 Å². The Labute approximate surface area is 59.1 Å². The minimum atomic E-state index is -0.742. The fraction of sp³-hybridized carbons (Fsp3) is 1.00. The van der Waals surface area contributed by atoms with Gasteiger partial charge in [-0.05, 0) is 5.92 Å². The normalized spacial score (nSPS) is 15.8. The van der Waals surface area contributed by atoms with Crippen molar-refractivity contribution in [2.24, 2.45) is 11.2 Å². The van der Waals surface area contributed by atoms with Crippen LogP contribution in [0.3, 0.4) is 0 Å². The molecule has 0 aromatic heterocycles. The van der Waals surface area contributed by atoms with Gasteiger partial charge in [-0.15, -0.1) is 0 Å². The van der Waals surface area contributed by atoms with Gasteiger partial charge in [-0.3, -0.25) is 0 Å². The molecule has 1 atom stereocenters. The Hall–Kier alpha value is -0.840. The molecule has 0 rings (SSSR count). The molecule has 10 heavy (non-hydrogen) atoms. The Morgan fingerprint density at radius 2 is 2.10 bits per heavy atom. The molecule has 2 N–H and O–H groups in total. The minimum absolute atomic E-state index is 0.00167. The highest BCUT2D eigenvalue weighted by Gasteiger charge is 2.13. The van der Waals surface area contributed by atoms with E-state index in [1.165, 1.54) is 0 Å². The lowest BCUT2D eigenvalue weighted by molar-refractivity contribution is -0.564. The topological polar surface area (TPSA) is 78.9 Å². The van der Waals surface area contributed by atoms with Crippen LogP contribution in [0, 0.1) is 11.1 Å². The van der Waals surface area contributed by atoms with Gasteiger partial charge in [0.25, 0.3) is 0 Å². The minimum Gasteiger partial charge on any atom is -0.597 e. The van der Waals surface area contributed by atoms with Crippen molar-refractivity contribution in [3.63, 3.8) is 0 Å². The number of rotatable bonds is 3. The first-order chi connectivity index (χ1) is 4.57. The third-order valence-electron chi connectivity index (χ3n) is 1.21. The fourth-order valence-electron chi connectivity index (χ4n) is 0.407. The number of aliphatic hydroxyl groups is 1. The summed E-state index contributed by atoms with van der Waals surface area (Å²) in [6.45, 7) is 3.36. The summed E-state index contributed by atoms with van der Waals surface area (Å²) in [5.41, 5.74) is 0. The zero-order valence-corrected chi connectivity index (χ0v) is 6.06. The van der Waals surface area contributed by atoms with Gasteiger partial charge in [0.05, 0.1) is 0 Å². The second-order valence-corrected chi connectivity index (χ2v) is 2.44. The third-order valence-corrected chi connectivity index (χ3v) is 1.21. The monoisotopic (exact) mass is 148 g/mol. The lowest BCUT2D eigenvalue weighted by Gasteiger charge is -2.10. The van der Waals surface area contributed by atoms with Crippen molar-refractivity contribution >= 4 is 0 Å². The van der Waals surface area contributed by atoms with E-state index in [2.05, 4.69) is 5.28 Å². The molecular weight excluding hydrogens is 136 g/mol. The molecule has 0 aliphatic carbocycles. The van der Waals surface area contributed by atoms with Crippen LogP contribution >= 0.6 is 0 Å². The highest BCUT2D eigenvalue weighted by Crippen LogP contribution is 2.00. The molecule has 0 bridgehead atoms. The van der Waals surface area contributed by atoms with E-state index in [9.17, 15) is 5.21 Å². The van der Waals surface area contributed by atoms with Gasteiger partial charge in [0.15, 0.2) is 5.28 Å². The van der Waals surface area contributed by atoms with E-state index < -0.39 is 6.10 Å². The summed E-state index contributed by atoms with van der Waals surface area (Å²) >= 11 is 0. The molecule has 0 aliphatic rings. The van der Waals surface area contributed by atoms with Crippen molar-refractivity contribution in [2.45, 2.75) is 20.0 Å². The quantitative estimate of drug-likeness (QED) is 0.344. The fourth-order valence-corrected chi connectivity index (χ4v) is 0.407. The number of hydroxylamine groups is 1. The summed E-state index contributed by atoms with van der Waals surface area (Å²) < 4.78 is 0. The van der Waals surface area contributed by atoms with Gasteiger partial charge in [0.2, 0.25) is 6.54 Å². The van der Waals surface area contributed by atoms with Gasteiger partial charge in [-0.2, -0.15) is 0 Å². The van der Waals surface area contributed by atoms with Crippen molar-refractivity contribution in [3.8, 4) is 0 Å². The van der Waals surface area contributed by atoms with Crippen LogP contribution in [-0.2, 0) is 0 Å². The second kappa shape index (κ2) is 4.05. The highest BCUT2D eigenvalue weighted by molar-refractivity contribution is 4.55. The molecule has 0 saturated carbocycles. The van der Waals surface area contributed by atoms with Gasteiger partial charge in [-0.25, -0.2) is 0 Å². The summed E-state index contributed by atoms with van der Waals surface area (Å²) in [7, 11) is 0. The number of hydrogen-bond acceptors (Lipinski definition) is 3. The Kier molecular flexibility index (Phi) is 3.71. The molecule has 0 aliphatic heterocycles. The van der Waals surface area contributed by atoms with Crippen molar-refractivity contribution < 1.29 is 15.2 Å². The summed E-state index contributed by atoms with van der Waals surface area (Å²) in [6, 6.07) is 0. The molecule has 60 valence electrons. The van der Waals surface area contributed by atoms with E-state index in [0.717, 1.165) is 0 Å². The molecule has 0 heterocycles. The first-order valence-corrected chi connectivity index (χ1v) is 3.05. The molecule has 0 radical (unpaired) electrons. The number of hydrogen-bond donors (Lipinski definition) is 2. The zero-order valence-electron chi connectivity index (χ0n) is 6.06. The van der Waals surface area contributed by atoms with Crippen molar-refractivity contribution in [3.05, 3.63) is 5.21 Å². The van der Waals surface area contributed by atoms with Crippen LogP contribution in [-0.4, -0.2) is 27.8 Å². The molecule has 0 amide bonds. The predicted molar refractivity (Wildman–Crippen MR) is 33.6 cm³/mol. The van der Waals surface area contributed by atoms with E-state index in [1.807, 2.05) is 0 Å². The molecule has 0 spiro atoms. The first-order valence-electron chi connectivity index (χ1n) is 3.05. The standard InChI is InChI=1S/C5H12N2O3/c1-4(2)5(8)3-7(10)6-9/h4-5,8-9H,3H2,1-2H3/b7-6-. The summed E-state index contributed by atoms with van der Waals surface area (Å²) in [5, 5.41) is 29.5. The van der Waals surface area contributed by atoms with Gasteiger partial charge >= 0.3 is 0 Å². The smallest absolute Gasteiger partial charge is 0.210 e. The highest BCUT2D eigenvalue weighted by atomic mass is 16.6. The maximum atomic E-state index is 10.3. The molecule has 0 aromatic rings. The number of aliphatic hydroxyl groups excluding tert-OH is 1. The van der Waals surface area contributed by atoms with Crippen LogP contribution in [0.5, 0.6) is 0 Å². The zero-order chi connectivity index (χ0) is 8.15. The summed E-state index contributed by atoms with van der Waals surface area (Å²) in [5.74, 6) is -0.00167. The number of nitrogens with zero attached hydrogens (tertiary/aromatic N) is 2. The first kappa shape index (κ1) is 9.16. The second-order valence-electron chi connectivity index (χ2n) is 2.44. The molecule has 5 heteroatoms. The Morgan fingerprint density at radius 3 is 2.40 bits per heavy atom. The molecule has 0 aromatic carbocycles. The van der Waals surface area contributed by atoms with Crippen LogP contribution < -0.4 is 0 Å². The Bertz CT molecular complexity index is 124. The molecule has 1 unspecified atom stereocenters. The van der Waals surface area contributed by atoms with Crippen LogP contribution in [0.2, 0.25) is 0 Å². The predicted octanol–water partition coefficient (Wildman–Crippen LogP) is 0.355. The molecular formula is C5H12N2O3. The lowest BCUT2D eigenvalue weighted by Crippen LogP contribution is -2.25. The maximum Gasteiger partial charge on any atom is 0.210 e. The van der Waals surface area contributed by atoms with E-state index in [-0.39, 0.29) is 17.3 Å². The van der Waals surface area contributed by atoms with Crippen LogP contribution in [0.15, 0.2) is 5.28 Å². The van der Waals surface area contributed by atoms with Crippen molar-refractivity contribution in [1.82, 2.24) is 0 Å². The Balaban J connectivity index is 3.68. The van der Waals surface area contributed by atoms with Crippen LogP contribution in [0.25, 0.3) is 0 Å². The van der Waals surface area contributed by atoms with Gasteiger partial charge in [0, 0.05) is 0 Å². The van der Waals surface area contributed by atoms with E-state index in [4.69, 9.17) is 10.3 Å². The average Bonchev–Trinajstić information content (AvgIpc) is 1.87.